The Labute approximate surface area is 371 Å². The summed E-state index contributed by atoms with van der Waals surface area (Å²) in [5, 5.41) is 27.1. The van der Waals surface area contributed by atoms with E-state index in [0.717, 1.165) is 95.4 Å². The summed E-state index contributed by atoms with van der Waals surface area (Å²) in [4.78, 5) is 24.2. The first-order valence-corrected chi connectivity index (χ1v) is 23.8. The van der Waals surface area contributed by atoms with E-state index in [-0.39, 0.29) is 55.3 Å². The number of fused-ring (bicyclic) bond motifs is 3. The van der Waals surface area contributed by atoms with Crippen LogP contribution in [0.3, 0.4) is 0 Å². The van der Waals surface area contributed by atoms with E-state index in [1.807, 2.05) is 31.2 Å². The quantitative estimate of drug-likeness (QED) is 0.0348. The van der Waals surface area contributed by atoms with Crippen LogP contribution in [0.5, 0.6) is 11.5 Å². The van der Waals surface area contributed by atoms with Gasteiger partial charge in [-0.3, -0.25) is 4.79 Å². The highest BCUT2D eigenvalue weighted by Gasteiger charge is 2.66. The maximum Gasteiger partial charge on any atom is 0.239 e. The molecule has 2 saturated carbocycles. The molecule has 0 spiro atoms. The summed E-state index contributed by atoms with van der Waals surface area (Å²) in [6.07, 6.45) is 11.2. The zero-order valence-corrected chi connectivity index (χ0v) is 36.9. The molecule has 62 heavy (non-hydrogen) atoms. The predicted molar refractivity (Wildman–Crippen MR) is 246 cm³/mol. The van der Waals surface area contributed by atoms with Crippen LogP contribution in [0.25, 0.3) is 10.8 Å². The summed E-state index contributed by atoms with van der Waals surface area (Å²) in [6, 6.07) is 30.7. The fraction of sp³-hybridized carbons (Fsp3) is 0.462. The Morgan fingerprint density at radius 2 is 1.74 bits per heavy atom. The van der Waals surface area contributed by atoms with Gasteiger partial charge in [-0.05, 0) is 110 Å². The van der Waals surface area contributed by atoms with Crippen molar-refractivity contribution < 1.29 is 34.1 Å². The maximum absolute atomic E-state index is 15.0. The number of carbonyl (C=O) groups is 1. The summed E-state index contributed by atoms with van der Waals surface area (Å²) in [6.45, 7) is 7.85. The minimum absolute atomic E-state index is 0.0643. The SMILES string of the molecule is C=CCO[C@@]12Oc3ccc(OCCSc4ccccc4)cc3[C@H]3[C@H](CCCCO)[C@@H](CCCCO)C=C(C(=NOCC)C[C@@H]1N(Cc1cccc4ccccc14)C(=O)C1CC1)[C@H]32. The molecule has 10 heteroatoms. The van der Waals surface area contributed by atoms with E-state index in [9.17, 15) is 15.0 Å². The molecule has 0 saturated heterocycles. The highest BCUT2D eigenvalue weighted by molar-refractivity contribution is 7.99. The van der Waals surface area contributed by atoms with Crippen LogP contribution in [0.15, 0.2) is 125 Å². The van der Waals surface area contributed by atoms with E-state index < -0.39 is 11.8 Å². The van der Waals surface area contributed by atoms with Gasteiger partial charge in [0.2, 0.25) is 11.7 Å². The van der Waals surface area contributed by atoms with E-state index in [1.165, 1.54) is 4.90 Å². The Morgan fingerprint density at radius 3 is 2.52 bits per heavy atom. The molecule has 0 radical (unpaired) electrons. The topological polar surface area (TPSA) is 110 Å². The molecule has 3 aliphatic carbocycles. The van der Waals surface area contributed by atoms with Gasteiger partial charge in [0.05, 0.1) is 24.8 Å². The summed E-state index contributed by atoms with van der Waals surface area (Å²) < 4.78 is 21.2. The number of benzene rings is 4. The monoisotopic (exact) mass is 858 g/mol. The Kier molecular flexibility index (Phi) is 14.7. The minimum atomic E-state index is -1.31. The molecule has 1 aliphatic heterocycles. The van der Waals surface area contributed by atoms with Crippen molar-refractivity contribution in [3.8, 4) is 11.5 Å². The van der Waals surface area contributed by atoms with Crippen LogP contribution < -0.4 is 9.47 Å². The fourth-order valence-electron chi connectivity index (χ4n) is 10.2. The van der Waals surface area contributed by atoms with Crippen LogP contribution in [0, 0.1) is 23.7 Å². The van der Waals surface area contributed by atoms with Gasteiger partial charge in [0.1, 0.15) is 24.1 Å². The number of aliphatic hydroxyl groups excluding tert-OH is 2. The molecule has 2 fully saturated rings. The number of aliphatic hydroxyl groups is 2. The molecule has 1 amide bonds. The standard InChI is InChI=1S/C52H62N2O7S/c1-3-29-59-52-48(54(51(57)37-23-24-37)35-39-18-14-17-36-15-8-9-21-42(36)39)34-46(53-60-4-2)44-32-38(16-10-12-27-55)43(22-11-13-28-56)49(50(44)52)45-33-40(25-26-47(45)61-52)58-30-31-62-41-19-6-5-7-20-41/h3,5-9,14-15,17-21,25-26,32-33,37-38,43,48-50,55-56H,1,4,10-13,16,22-24,27-31,34-35H2,2H3/t38-,43+,48-,49+,50+,52+/m0/s1. The number of oxime groups is 1. The highest BCUT2D eigenvalue weighted by Crippen LogP contribution is 2.62. The fourth-order valence-corrected chi connectivity index (χ4v) is 11.0. The molecule has 4 aliphatic rings. The van der Waals surface area contributed by atoms with Crippen molar-refractivity contribution in [3.05, 3.63) is 126 Å². The van der Waals surface area contributed by atoms with E-state index in [4.69, 9.17) is 24.2 Å². The number of thioether (sulfide) groups is 1. The van der Waals surface area contributed by atoms with Crippen molar-refractivity contribution in [1.82, 2.24) is 4.90 Å². The number of ether oxygens (including phenoxy) is 3. The molecular weight excluding hydrogens is 797 g/mol. The summed E-state index contributed by atoms with van der Waals surface area (Å²) >= 11 is 1.77. The third-order valence-electron chi connectivity index (χ3n) is 13.1. The zero-order valence-electron chi connectivity index (χ0n) is 36.0. The predicted octanol–water partition coefficient (Wildman–Crippen LogP) is 10.1. The molecule has 4 aromatic rings. The van der Waals surface area contributed by atoms with Crippen molar-refractivity contribution >= 4 is 34.2 Å². The number of carbonyl (C=O) groups excluding carboxylic acids is 1. The average Bonchev–Trinajstić information content (AvgIpc) is 4.16. The number of unbranched alkanes of at least 4 members (excludes halogenated alkanes) is 2. The Morgan fingerprint density at radius 1 is 0.968 bits per heavy atom. The molecule has 0 unspecified atom stereocenters. The molecule has 0 bridgehead atoms. The van der Waals surface area contributed by atoms with Crippen LogP contribution in [0.1, 0.15) is 81.8 Å². The number of allylic oxidation sites excluding steroid dienone is 1. The van der Waals surface area contributed by atoms with Gasteiger partial charge in [-0.15, -0.1) is 18.3 Å². The number of hydrogen-bond acceptors (Lipinski definition) is 9. The van der Waals surface area contributed by atoms with Crippen molar-refractivity contribution in [2.24, 2.45) is 28.8 Å². The first kappa shape index (κ1) is 44.0. The lowest BCUT2D eigenvalue weighted by atomic mass is 9.55. The lowest BCUT2D eigenvalue weighted by Crippen LogP contribution is -2.70. The van der Waals surface area contributed by atoms with Gasteiger partial charge >= 0.3 is 0 Å². The van der Waals surface area contributed by atoms with Gasteiger partial charge < -0.3 is 34.2 Å². The van der Waals surface area contributed by atoms with E-state index in [0.29, 0.717) is 32.6 Å². The van der Waals surface area contributed by atoms with Crippen LogP contribution >= 0.6 is 11.8 Å². The van der Waals surface area contributed by atoms with Gasteiger partial charge in [0.25, 0.3) is 0 Å². The Balaban J connectivity index is 1.28. The number of hydrogen-bond donors (Lipinski definition) is 2. The molecule has 1 heterocycles. The zero-order chi connectivity index (χ0) is 42.9. The van der Waals surface area contributed by atoms with Crippen LogP contribution in [0.2, 0.25) is 0 Å². The van der Waals surface area contributed by atoms with Crippen molar-refractivity contribution in [2.75, 3.05) is 38.8 Å². The van der Waals surface area contributed by atoms with Crippen LogP contribution in [-0.4, -0.2) is 77.3 Å². The van der Waals surface area contributed by atoms with Gasteiger partial charge in [-0.25, -0.2) is 0 Å². The van der Waals surface area contributed by atoms with Gasteiger partial charge in [0, 0.05) is 54.2 Å². The lowest BCUT2D eigenvalue weighted by molar-refractivity contribution is -0.258. The second-order valence-electron chi connectivity index (χ2n) is 17.1. The van der Waals surface area contributed by atoms with Crippen molar-refractivity contribution in [2.45, 2.75) is 93.9 Å². The van der Waals surface area contributed by atoms with E-state index >= 15 is 0 Å². The van der Waals surface area contributed by atoms with Crippen LogP contribution in [0.4, 0.5) is 0 Å². The summed E-state index contributed by atoms with van der Waals surface area (Å²) in [5.74, 6) is 0.825. The smallest absolute Gasteiger partial charge is 0.239 e. The molecule has 8 rings (SSSR count). The Hall–Kier alpha value is -4.61. The molecule has 328 valence electrons. The third-order valence-corrected chi connectivity index (χ3v) is 14.1. The first-order chi connectivity index (χ1) is 30.5. The van der Waals surface area contributed by atoms with E-state index in [2.05, 4.69) is 84.3 Å². The highest BCUT2D eigenvalue weighted by atomic mass is 32.2. The van der Waals surface area contributed by atoms with Crippen molar-refractivity contribution in [3.63, 3.8) is 0 Å². The summed E-state index contributed by atoms with van der Waals surface area (Å²) in [7, 11) is 0. The molecule has 4 aromatic carbocycles. The first-order valence-electron chi connectivity index (χ1n) is 22.8. The molecule has 9 nitrogen and oxygen atoms in total. The molecule has 2 N–H and O–H groups in total. The Bertz CT molecular complexity index is 2200. The van der Waals surface area contributed by atoms with Gasteiger partial charge in [-0.1, -0.05) is 90.8 Å². The third kappa shape index (κ3) is 9.49. The van der Waals surface area contributed by atoms with Crippen molar-refractivity contribution in [1.29, 1.82) is 0 Å². The largest absolute Gasteiger partial charge is 0.493 e. The molecular formula is C52H62N2O7S. The number of nitrogens with zero attached hydrogens (tertiary/aromatic N) is 2. The maximum atomic E-state index is 15.0. The van der Waals surface area contributed by atoms with E-state index in [1.54, 1.807) is 17.8 Å². The lowest BCUT2D eigenvalue weighted by Gasteiger charge is -2.60. The second kappa shape index (κ2) is 20.7. The summed E-state index contributed by atoms with van der Waals surface area (Å²) in [5.41, 5.74) is 3.97. The number of amides is 1. The van der Waals surface area contributed by atoms with Gasteiger partial charge in [-0.2, -0.15) is 0 Å². The van der Waals surface area contributed by atoms with Crippen LogP contribution in [-0.2, 0) is 20.9 Å². The normalized spacial score (nSPS) is 24.4. The average molecular weight is 859 g/mol. The molecule has 6 atom stereocenters. The number of rotatable bonds is 22. The minimum Gasteiger partial charge on any atom is -0.493 e. The van der Waals surface area contributed by atoms with Gasteiger partial charge in [0.15, 0.2) is 0 Å². The molecule has 0 aromatic heterocycles. The second-order valence-corrected chi connectivity index (χ2v) is 18.2.